The van der Waals surface area contributed by atoms with Gasteiger partial charge in [-0.05, 0) is 43.9 Å². The number of nitrogens with two attached hydrogens (primary N) is 1. The first-order valence-corrected chi connectivity index (χ1v) is 14.2. The molecular weight excluding hydrogens is 484 g/mol. The summed E-state index contributed by atoms with van der Waals surface area (Å²) in [5.41, 5.74) is 7.34. The summed E-state index contributed by atoms with van der Waals surface area (Å²) < 4.78 is 11.4. The second kappa shape index (κ2) is 11.8. The molecule has 0 unspecified atom stereocenters. The van der Waals surface area contributed by atoms with Gasteiger partial charge in [-0.15, -0.1) is 0 Å². The zero-order chi connectivity index (χ0) is 26.6. The molecule has 0 aromatic carbocycles. The number of piperidine rings is 2. The predicted octanol–water partition coefficient (Wildman–Crippen LogP) is 2.83. The molecule has 3 saturated heterocycles. The smallest absolute Gasteiger partial charge is 0.324 e. The van der Waals surface area contributed by atoms with Gasteiger partial charge < -0.3 is 29.7 Å². The number of likely N-dealkylation sites (tertiary alicyclic amines) is 1. The van der Waals surface area contributed by atoms with E-state index in [-0.39, 0.29) is 23.9 Å². The lowest BCUT2D eigenvalue weighted by Gasteiger charge is -2.34. The number of carbonyl (C=O) groups is 1. The van der Waals surface area contributed by atoms with Crippen LogP contribution in [0.5, 0.6) is 6.01 Å². The van der Waals surface area contributed by atoms with Crippen LogP contribution >= 0.6 is 0 Å². The summed E-state index contributed by atoms with van der Waals surface area (Å²) >= 11 is 0. The fourth-order valence-corrected chi connectivity index (χ4v) is 5.90. The Morgan fingerprint density at radius 3 is 2.53 bits per heavy atom. The third-order valence-corrected chi connectivity index (χ3v) is 8.44. The Balaban J connectivity index is 1.04. The second-order valence-corrected chi connectivity index (χ2v) is 11.4. The van der Waals surface area contributed by atoms with Crippen molar-refractivity contribution in [2.75, 3.05) is 49.1 Å². The quantitative estimate of drug-likeness (QED) is 0.521. The molecule has 2 aromatic heterocycles. The molecule has 0 bridgehead atoms. The van der Waals surface area contributed by atoms with E-state index in [1.54, 1.807) is 12.4 Å². The van der Waals surface area contributed by atoms with Crippen LogP contribution in [0.1, 0.15) is 71.0 Å². The van der Waals surface area contributed by atoms with Crippen molar-refractivity contribution in [1.82, 2.24) is 25.0 Å². The molecule has 0 spiro atoms. The number of carbonyl (C=O) groups excluding carboxylic acids is 1. The summed E-state index contributed by atoms with van der Waals surface area (Å²) in [4.78, 5) is 32.1. The number of amides is 1. The lowest BCUT2D eigenvalue weighted by molar-refractivity contribution is -0.135. The molecule has 2 N–H and O–H groups in total. The van der Waals surface area contributed by atoms with Crippen molar-refractivity contribution in [2.24, 2.45) is 17.6 Å². The summed E-state index contributed by atoms with van der Waals surface area (Å²) in [5.74, 6) is 2.46. The number of anilines is 2. The van der Waals surface area contributed by atoms with Gasteiger partial charge in [0.2, 0.25) is 5.91 Å². The van der Waals surface area contributed by atoms with Crippen molar-refractivity contribution >= 4 is 17.6 Å². The number of hydrogen-bond acceptors (Lipinski definition) is 10. The van der Waals surface area contributed by atoms with Crippen molar-refractivity contribution in [3.05, 3.63) is 18.2 Å². The van der Waals surface area contributed by atoms with E-state index in [2.05, 4.69) is 50.7 Å². The average molecular weight is 527 g/mol. The molecule has 2 aromatic rings. The number of aromatic nitrogens is 4. The topological polar surface area (TPSA) is 127 Å². The molecule has 3 fully saturated rings. The fourth-order valence-electron chi connectivity index (χ4n) is 5.90. The van der Waals surface area contributed by atoms with Gasteiger partial charge in [0.05, 0.1) is 30.7 Å². The van der Waals surface area contributed by atoms with E-state index in [4.69, 9.17) is 15.0 Å². The maximum absolute atomic E-state index is 12.4. The van der Waals surface area contributed by atoms with Crippen molar-refractivity contribution in [3.8, 4) is 6.01 Å². The maximum Gasteiger partial charge on any atom is 0.324 e. The molecule has 5 heterocycles. The second-order valence-electron chi connectivity index (χ2n) is 11.4. The molecule has 3 atom stereocenters. The highest BCUT2D eigenvalue weighted by Gasteiger charge is 2.37. The number of ether oxygens (including phenoxy) is 1. The highest BCUT2D eigenvalue weighted by molar-refractivity contribution is 5.77. The third kappa shape index (κ3) is 6.03. The van der Waals surface area contributed by atoms with Crippen LogP contribution in [-0.2, 0) is 4.79 Å². The predicted molar refractivity (Wildman–Crippen MR) is 144 cm³/mol. The van der Waals surface area contributed by atoms with E-state index < -0.39 is 0 Å². The first-order chi connectivity index (χ1) is 18.4. The minimum Gasteiger partial charge on any atom is -0.463 e. The van der Waals surface area contributed by atoms with Crippen LogP contribution in [0.25, 0.3) is 0 Å². The SMILES string of the molecule is CC(C)c1noc(N2CCC([C@H](C)CCOc3ncc(N4C[C@@H](N)[C@@H](N5CCCCC5=O)C4)cn3)CC2)n1. The standard InChI is InChI=1S/C27H42N8O3/c1-18(2)25-31-27(38-32-25)33-11-7-20(8-12-33)19(3)9-13-37-26-29-14-21(15-30-26)34-16-22(28)23(17-34)35-10-5-4-6-24(35)36/h14-15,18-20,22-23H,4-13,16-17,28H2,1-3H3/t19-,22-,23+/m1/s1. The first kappa shape index (κ1) is 26.6. The van der Waals surface area contributed by atoms with Gasteiger partial charge in [-0.25, -0.2) is 9.97 Å². The zero-order valence-electron chi connectivity index (χ0n) is 23.0. The van der Waals surface area contributed by atoms with Gasteiger partial charge in [0, 0.05) is 51.1 Å². The molecule has 0 aliphatic carbocycles. The average Bonchev–Trinajstić information content (AvgIpc) is 3.57. The monoisotopic (exact) mass is 526 g/mol. The van der Waals surface area contributed by atoms with Crippen LogP contribution in [0, 0.1) is 11.8 Å². The molecule has 0 saturated carbocycles. The Morgan fingerprint density at radius 2 is 1.84 bits per heavy atom. The van der Waals surface area contributed by atoms with Gasteiger partial charge in [0.25, 0.3) is 0 Å². The lowest BCUT2D eigenvalue weighted by Crippen LogP contribution is -2.51. The van der Waals surface area contributed by atoms with E-state index in [1.807, 2.05) is 4.90 Å². The summed E-state index contributed by atoms with van der Waals surface area (Å²) in [5, 5.41) is 4.09. The molecule has 208 valence electrons. The van der Waals surface area contributed by atoms with Gasteiger partial charge in [-0.3, -0.25) is 4.79 Å². The van der Waals surface area contributed by atoms with Gasteiger partial charge in [0.1, 0.15) is 0 Å². The van der Waals surface area contributed by atoms with Crippen LogP contribution in [0.15, 0.2) is 16.9 Å². The van der Waals surface area contributed by atoms with Gasteiger partial charge in [0.15, 0.2) is 5.82 Å². The van der Waals surface area contributed by atoms with Gasteiger partial charge in [-0.2, -0.15) is 4.98 Å². The first-order valence-electron chi connectivity index (χ1n) is 14.2. The van der Waals surface area contributed by atoms with Crippen LogP contribution in [0.3, 0.4) is 0 Å². The zero-order valence-corrected chi connectivity index (χ0v) is 23.0. The molecule has 11 heteroatoms. The molecule has 11 nitrogen and oxygen atoms in total. The van der Waals surface area contributed by atoms with Crippen molar-refractivity contribution in [3.63, 3.8) is 0 Å². The van der Waals surface area contributed by atoms with E-state index in [0.717, 1.165) is 69.8 Å². The maximum atomic E-state index is 12.4. The minimum absolute atomic E-state index is 0.0524. The Morgan fingerprint density at radius 1 is 1.08 bits per heavy atom. The molecular formula is C27H42N8O3. The van der Waals surface area contributed by atoms with E-state index in [1.165, 1.54) is 0 Å². The van der Waals surface area contributed by atoms with E-state index >= 15 is 0 Å². The molecule has 3 aliphatic heterocycles. The highest BCUT2D eigenvalue weighted by Crippen LogP contribution is 2.30. The van der Waals surface area contributed by atoms with Crippen LogP contribution in [-0.4, -0.2) is 82.3 Å². The van der Waals surface area contributed by atoms with Gasteiger partial charge >= 0.3 is 12.0 Å². The van der Waals surface area contributed by atoms with Crippen molar-refractivity contribution in [1.29, 1.82) is 0 Å². The Hall–Kier alpha value is -2.95. The number of rotatable bonds is 9. The molecule has 38 heavy (non-hydrogen) atoms. The Labute approximate surface area is 225 Å². The van der Waals surface area contributed by atoms with Gasteiger partial charge in [-0.1, -0.05) is 25.9 Å². The molecule has 3 aliphatic rings. The van der Waals surface area contributed by atoms with Crippen LogP contribution in [0.4, 0.5) is 11.7 Å². The summed E-state index contributed by atoms with van der Waals surface area (Å²) in [7, 11) is 0. The van der Waals surface area contributed by atoms with E-state index in [9.17, 15) is 4.79 Å². The normalized spacial score (nSPS) is 23.9. The number of hydrogen-bond donors (Lipinski definition) is 1. The minimum atomic E-state index is -0.0640. The third-order valence-electron chi connectivity index (χ3n) is 8.44. The molecule has 1 amide bonds. The lowest BCUT2D eigenvalue weighted by atomic mass is 9.84. The van der Waals surface area contributed by atoms with Crippen molar-refractivity contribution in [2.45, 2.75) is 77.3 Å². The molecule has 5 rings (SSSR count). The Kier molecular flexibility index (Phi) is 8.30. The summed E-state index contributed by atoms with van der Waals surface area (Å²) in [6.07, 6.45) is 9.45. The van der Waals surface area contributed by atoms with E-state index in [0.29, 0.717) is 43.4 Å². The van der Waals surface area contributed by atoms with Crippen LogP contribution < -0.4 is 20.3 Å². The fraction of sp³-hybridized carbons (Fsp3) is 0.741. The highest BCUT2D eigenvalue weighted by atomic mass is 16.5. The number of nitrogens with zero attached hydrogens (tertiary/aromatic N) is 7. The van der Waals surface area contributed by atoms with Crippen LogP contribution in [0.2, 0.25) is 0 Å². The summed E-state index contributed by atoms with van der Waals surface area (Å²) in [6.45, 7) is 11.1. The largest absolute Gasteiger partial charge is 0.463 e. The molecule has 0 radical (unpaired) electrons. The Bertz CT molecular complexity index is 1050. The summed E-state index contributed by atoms with van der Waals surface area (Å²) in [6, 6.07) is 1.04. The van der Waals surface area contributed by atoms with Crippen molar-refractivity contribution < 1.29 is 14.1 Å².